The van der Waals surface area contributed by atoms with Crippen molar-refractivity contribution >= 4 is 28.9 Å². The number of rotatable bonds is 2. The van der Waals surface area contributed by atoms with Crippen LogP contribution in [0.5, 0.6) is 0 Å². The van der Waals surface area contributed by atoms with Gasteiger partial charge in [-0.2, -0.15) is 0 Å². The second-order valence-electron chi connectivity index (χ2n) is 4.11. The molecule has 0 unspecified atom stereocenters. The van der Waals surface area contributed by atoms with Crippen LogP contribution < -0.4 is 10.6 Å². The Bertz CT molecular complexity index is 593. The van der Waals surface area contributed by atoms with Crippen molar-refractivity contribution < 1.29 is 9.18 Å². The second kappa shape index (κ2) is 5.28. The summed E-state index contributed by atoms with van der Waals surface area (Å²) in [4.78, 5) is 13.7. The molecule has 2 rings (SSSR count). The van der Waals surface area contributed by atoms with Crippen LogP contribution in [0.1, 0.15) is 10.4 Å². The summed E-state index contributed by atoms with van der Waals surface area (Å²) < 4.78 is 12.8. The van der Waals surface area contributed by atoms with E-state index in [4.69, 9.17) is 17.3 Å². The minimum atomic E-state index is -0.350. The molecule has 2 aromatic carbocycles. The Kier molecular flexibility index (Phi) is 3.71. The van der Waals surface area contributed by atoms with Gasteiger partial charge in [-0.1, -0.05) is 11.6 Å². The molecule has 0 atom stereocenters. The molecule has 0 aliphatic rings. The molecule has 2 N–H and O–H groups in total. The smallest absolute Gasteiger partial charge is 0.258 e. The molecule has 0 aliphatic heterocycles. The lowest BCUT2D eigenvalue weighted by Crippen LogP contribution is -2.26. The number of hydrogen-bond donors (Lipinski definition) is 1. The number of nitrogens with two attached hydrogens (primary N) is 1. The zero-order chi connectivity index (χ0) is 14.0. The molecule has 0 fully saturated rings. The van der Waals surface area contributed by atoms with Gasteiger partial charge in [0.15, 0.2) is 0 Å². The van der Waals surface area contributed by atoms with E-state index in [9.17, 15) is 9.18 Å². The molecule has 0 bridgehead atoms. The number of benzene rings is 2. The summed E-state index contributed by atoms with van der Waals surface area (Å²) in [7, 11) is 1.60. The van der Waals surface area contributed by atoms with Gasteiger partial charge in [-0.15, -0.1) is 0 Å². The first kappa shape index (κ1) is 13.4. The first-order valence-electron chi connectivity index (χ1n) is 5.57. The lowest BCUT2D eigenvalue weighted by Gasteiger charge is -2.17. The van der Waals surface area contributed by atoms with Crippen molar-refractivity contribution in [3.05, 3.63) is 58.9 Å². The summed E-state index contributed by atoms with van der Waals surface area (Å²) in [5.41, 5.74) is 7.04. The topological polar surface area (TPSA) is 46.3 Å². The van der Waals surface area contributed by atoms with Crippen molar-refractivity contribution in [1.29, 1.82) is 0 Å². The minimum Gasteiger partial charge on any atom is -0.399 e. The summed E-state index contributed by atoms with van der Waals surface area (Å²) in [5, 5.41) is 0.399. The van der Waals surface area contributed by atoms with Gasteiger partial charge in [-0.3, -0.25) is 4.79 Å². The van der Waals surface area contributed by atoms with Crippen molar-refractivity contribution in [2.24, 2.45) is 0 Å². The van der Waals surface area contributed by atoms with E-state index in [2.05, 4.69) is 0 Å². The molecule has 1 amide bonds. The fraction of sp³-hybridized carbons (Fsp3) is 0.0714. The Hall–Kier alpha value is -2.07. The van der Waals surface area contributed by atoms with Crippen LogP contribution in [0.2, 0.25) is 5.02 Å². The van der Waals surface area contributed by atoms with Crippen LogP contribution in [0.15, 0.2) is 42.5 Å². The highest BCUT2D eigenvalue weighted by Gasteiger charge is 2.14. The lowest BCUT2D eigenvalue weighted by molar-refractivity contribution is 0.0993. The lowest BCUT2D eigenvalue weighted by atomic mass is 10.1. The van der Waals surface area contributed by atoms with Crippen molar-refractivity contribution in [2.75, 3.05) is 17.7 Å². The zero-order valence-corrected chi connectivity index (χ0v) is 11.0. The molecule has 5 heteroatoms. The van der Waals surface area contributed by atoms with Crippen LogP contribution in [-0.2, 0) is 0 Å². The number of hydrogen-bond acceptors (Lipinski definition) is 2. The molecular formula is C14H12ClFN2O. The molecule has 0 aromatic heterocycles. The molecule has 2 aromatic rings. The maximum Gasteiger partial charge on any atom is 0.258 e. The number of carbonyl (C=O) groups excluding carboxylic acids is 1. The minimum absolute atomic E-state index is 0.263. The molecule has 0 saturated carbocycles. The quantitative estimate of drug-likeness (QED) is 0.857. The average molecular weight is 279 g/mol. The molecular weight excluding hydrogens is 267 g/mol. The monoisotopic (exact) mass is 278 g/mol. The fourth-order valence-corrected chi connectivity index (χ4v) is 1.95. The highest BCUT2D eigenvalue weighted by molar-refractivity contribution is 6.31. The number of amides is 1. The van der Waals surface area contributed by atoms with E-state index in [0.29, 0.717) is 22.0 Å². The highest BCUT2D eigenvalue weighted by Crippen LogP contribution is 2.20. The molecule has 98 valence electrons. The predicted octanol–water partition coefficient (Wildman–Crippen LogP) is 3.34. The Morgan fingerprint density at radius 3 is 2.42 bits per heavy atom. The zero-order valence-electron chi connectivity index (χ0n) is 10.2. The van der Waals surface area contributed by atoms with Gasteiger partial charge in [0.05, 0.1) is 0 Å². The average Bonchev–Trinajstić information content (AvgIpc) is 2.37. The Morgan fingerprint density at radius 1 is 1.21 bits per heavy atom. The van der Waals surface area contributed by atoms with E-state index < -0.39 is 0 Å². The predicted molar refractivity (Wildman–Crippen MR) is 75.0 cm³/mol. The maximum absolute atomic E-state index is 12.8. The molecule has 19 heavy (non-hydrogen) atoms. The van der Waals surface area contributed by atoms with Gasteiger partial charge in [-0.05, 0) is 42.5 Å². The van der Waals surface area contributed by atoms with Crippen LogP contribution in [0, 0.1) is 5.82 Å². The Morgan fingerprint density at radius 2 is 1.84 bits per heavy atom. The van der Waals surface area contributed by atoms with Crippen LogP contribution in [-0.4, -0.2) is 13.0 Å². The number of carbonyl (C=O) groups is 1. The number of nitrogen functional groups attached to an aromatic ring is 1. The van der Waals surface area contributed by atoms with E-state index in [1.807, 2.05) is 0 Å². The standard InChI is InChI=1S/C14H12ClFN2O/c1-18(13-4-2-11(16)3-5-13)14(19)9-6-10(15)8-12(17)7-9/h2-8H,17H2,1H3. The van der Waals surface area contributed by atoms with Gasteiger partial charge in [0.1, 0.15) is 5.82 Å². The van der Waals surface area contributed by atoms with Crippen LogP contribution in [0.4, 0.5) is 15.8 Å². The van der Waals surface area contributed by atoms with Gasteiger partial charge in [-0.25, -0.2) is 4.39 Å². The third-order valence-corrected chi connectivity index (χ3v) is 2.90. The molecule has 0 saturated heterocycles. The first-order chi connectivity index (χ1) is 8.97. The molecule has 0 radical (unpaired) electrons. The number of anilines is 2. The van der Waals surface area contributed by atoms with Crippen molar-refractivity contribution in [3.8, 4) is 0 Å². The van der Waals surface area contributed by atoms with Crippen molar-refractivity contribution in [3.63, 3.8) is 0 Å². The van der Waals surface area contributed by atoms with Gasteiger partial charge in [0.2, 0.25) is 0 Å². The van der Waals surface area contributed by atoms with Crippen LogP contribution in [0.3, 0.4) is 0 Å². The molecule has 0 spiro atoms. The SMILES string of the molecule is CN(C(=O)c1cc(N)cc(Cl)c1)c1ccc(F)cc1. The first-order valence-corrected chi connectivity index (χ1v) is 5.95. The van der Waals surface area contributed by atoms with E-state index in [-0.39, 0.29) is 11.7 Å². The molecule has 0 heterocycles. The number of halogens is 2. The van der Waals surface area contributed by atoms with Gasteiger partial charge < -0.3 is 10.6 Å². The Balaban J connectivity index is 2.30. The molecule has 0 aliphatic carbocycles. The Labute approximate surface area is 115 Å². The summed E-state index contributed by atoms with van der Waals surface area (Å²) in [6.45, 7) is 0. The normalized spacial score (nSPS) is 10.3. The van der Waals surface area contributed by atoms with Crippen molar-refractivity contribution in [2.45, 2.75) is 0 Å². The maximum atomic E-state index is 12.8. The largest absolute Gasteiger partial charge is 0.399 e. The van der Waals surface area contributed by atoms with E-state index in [1.54, 1.807) is 25.2 Å². The summed E-state index contributed by atoms with van der Waals surface area (Å²) in [6, 6.07) is 10.3. The third-order valence-electron chi connectivity index (χ3n) is 2.69. The van der Waals surface area contributed by atoms with Crippen LogP contribution in [0.25, 0.3) is 0 Å². The van der Waals surface area contributed by atoms with E-state index in [1.165, 1.54) is 29.2 Å². The summed E-state index contributed by atoms with van der Waals surface area (Å²) >= 11 is 5.87. The van der Waals surface area contributed by atoms with E-state index >= 15 is 0 Å². The second-order valence-corrected chi connectivity index (χ2v) is 4.55. The number of nitrogens with zero attached hydrogens (tertiary/aromatic N) is 1. The molecule has 3 nitrogen and oxygen atoms in total. The van der Waals surface area contributed by atoms with Gasteiger partial charge in [0.25, 0.3) is 5.91 Å². The fourth-order valence-electron chi connectivity index (χ4n) is 1.71. The van der Waals surface area contributed by atoms with E-state index in [0.717, 1.165) is 0 Å². The summed E-state index contributed by atoms with van der Waals surface area (Å²) in [6.07, 6.45) is 0. The van der Waals surface area contributed by atoms with Crippen LogP contribution >= 0.6 is 11.6 Å². The van der Waals surface area contributed by atoms with Crippen molar-refractivity contribution in [1.82, 2.24) is 0 Å². The summed E-state index contributed by atoms with van der Waals surface area (Å²) in [5.74, 6) is -0.614. The highest BCUT2D eigenvalue weighted by atomic mass is 35.5. The van der Waals surface area contributed by atoms with Gasteiger partial charge >= 0.3 is 0 Å². The third kappa shape index (κ3) is 3.03. The van der Waals surface area contributed by atoms with Gasteiger partial charge in [0, 0.05) is 29.0 Å².